The van der Waals surface area contributed by atoms with E-state index < -0.39 is 7.12 Å². The Balaban J connectivity index is 1.70. The van der Waals surface area contributed by atoms with Crippen molar-refractivity contribution in [2.75, 3.05) is 38.2 Å². The number of hydrogen-bond donors (Lipinski definition) is 4. The van der Waals surface area contributed by atoms with E-state index in [0.29, 0.717) is 28.3 Å². The number of benzene rings is 1. The average Bonchev–Trinajstić information content (AvgIpc) is 3.16. The van der Waals surface area contributed by atoms with Gasteiger partial charge in [-0.3, -0.25) is 15.2 Å². The van der Waals surface area contributed by atoms with Gasteiger partial charge in [-0.1, -0.05) is 17.4 Å². The number of ether oxygens (including phenoxy) is 1. The van der Waals surface area contributed by atoms with E-state index >= 15 is 0 Å². The predicted octanol–water partition coefficient (Wildman–Crippen LogP) is 1.01. The molecule has 0 saturated carbocycles. The number of thiazole rings is 1. The quantitative estimate of drug-likeness (QED) is 0.422. The van der Waals surface area contributed by atoms with Crippen LogP contribution in [0.5, 0.6) is 0 Å². The van der Waals surface area contributed by atoms with Gasteiger partial charge in [-0.15, -0.1) is 0 Å². The number of morpholine rings is 1. The summed E-state index contributed by atoms with van der Waals surface area (Å²) in [6.45, 7) is 6.37. The van der Waals surface area contributed by atoms with Gasteiger partial charge in [0.2, 0.25) is 0 Å². The van der Waals surface area contributed by atoms with E-state index in [-0.39, 0.29) is 6.03 Å². The van der Waals surface area contributed by atoms with E-state index in [1.807, 2.05) is 19.1 Å². The third-order valence-electron chi connectivity index (χ3n) is 4.98. The van der Waals surface area contributed by atoms with Crippen LogP contribution in [0.2, 0.25) is 0 Å². The molecule has 4 rings (SSSR count). The molecule has 0 bridgehead atoms. The summed E-state index contributed by atoms with van der Waals surface area (Å²) in [4.78, 5) is 23.2. The molecule has 0 unspecified atom stereocenters. The van der Waals surface area contributed by atoms with Crippen molar-refractivity contribution in [2.45, 2.75) is 13.5 Å². The summed E-state index contributed by atoms with van der Waals surface area (Å²) in [6, 6.07) is 6.98. The van der Waals surface area contributed by atoms with Crippen molar-refractivity contribution < 1.29 is 19.6 Å². The van der Waals surface area contributed by atoms with Crippen LogP contribution in [-0.4, -0.2) is 70.9 Å². The number of amides is 2. The molecule has 1 saturated heterocycles. The number of fused-ring (bicyclic) bond motifs is 1. The van der Waals surface area contributed by atoms with Gasteiger partial charge in [0.1, 0.15) is 0 Å². The zero-order valence-electron chi connectivity index (χ0n) is 17.2. The maximum absolute atomic E-state index is 11.9. The summed E-state index contributed by atoms with van der Waals surface area (Å²) < 4.78 is 6.23. The fraction of sp³-hybridized carbons (Fsp3) is 0.350. The molecule has 4 N–H and O–H groups in total. The first-order valence-electron chi connectivity index (χ1n) is 10.1. The number of urea groups is 1. The molecule has 1 fully saturated rings. The lowest BCUT2D eigenvalue weighted by Crippen LogP contribution is -2.35. The Bertz CT molecular complexity index is 1070. The summed E-state index contributed by atoms with van der Waals surface area (Å²) in [5.74, 6) is 0. The molecule has 1 aliphatic rings. The van der Waals surface area contributed by atoms with Crippen LogP contribution in [0.1, 0.15) is 12.5 Å². The van der Waals surface area contributed by atoms with E-state index in [2.05, 4.69) is 25.5 Å². The second-order valence-corrected chi connectivity index (χ2v) is 8.23. The monoisotopic (exact) mass is 441 g/mol. The largest absolute Gasteiger partial charge is 0.488 e. The maximum atomic E-state index is 11.9. The van der Waals surface area contributed by atoms with Crippen molar-refractivity contribution in [1.29, 1.82) is 0 Å². The molecule has 11 heteroatoms. The van der Waals surface area contributed by atoms with Gasteiger partial charge >= 0.3 is 13.1 Å². The Hall–Kier alpha value is -2.57. The first-order chi connectivity index (χ1) is 15.0. The summed E-state index contributed by atoms with van der Waals surface area (Å²) in [6.07, 6.45) is 1.76. The van der Waals surface area contributed by atoms with Gasteiger partial charge in [-0.25, -0.2) is 9.78 Å². The van der Waals surface area contributed by atoms with Crippen molar-refractivity contribution in [1.82, 2.24) is 20.2 Å². The zero-order valence-corrected chi connectivity index (χ0v) is 18.0. The molecule has 0 aliphatic carbocycles. The summed E-state index contributed by atoms with van der Waals surface area (Å²) in [5.41, 5.74) is 3.45. The van der Waals surface area contributed by atoms with Gasteiger partial charge in [-0.05, 0) is 36.1 Å². The molecule has 162 valence electrons. The normalized spacial score (nSPS) is 14.5. The fourth-order valence-corrected chi connectivity index (χ4v) is 4.45. The standard InChI is InChI=1S/C20H24BN5O4S/c1-2-22-19(27)25-20-24-17-11-14(21(28)29)10-15(18(17)31-20)16-9-13(3-4-23-16)12-26-5-7-30-8-6-26/h3-4,9-11,28-29H,2,5-8,12H2,1H3,(H2,22,24,25,27). The molecule has 9 nitrogen and oxygen atoms in total. The van der Waals surface area contributed by atoms with Crippen molar-refractivity contribution in [3.63, 3.8) is 0 Å². The molecule has 1 aliphatic heterocycles. The summed E-state index contributed by atoms with van der Waals surface area (Å²) >= 11 is 1.32. The van der Waals surface area contributed by atoms with Crippen LogP contribution in [0.3, 0.4) is 0 Å². The summed E-state index contributed by atoms with van der Waals surface area (Å²) in [5, 5.41) is 25.3. The van der Waals surface area contributed by atoms with Crippen LogP contribution >= 0.6 is 11.3 Å². The van der Waals surface area contributed by atoms with Crippen molar-refractivity contribution >= 4 is 45.3 Å². The van der Waals surface area contributed by atoms with E-state index in [1.54, 1.807) is 18.3 Å². The number of aromatic nitrogens is 2. The van der Waals surface area contributed by atoms with Gasteiger partial charge < -0.3 is 20.1 Å². The van der Waals surface area contributed by atoms with E-state index in [4.69, 9.17) is 4.74 Å². The van der Waals surface area contributed by atoms with Crippen LogP contribution in [-0.2, 0) is 11.3 Å². The number of rotatable bonds is 6. The van der Waals surface area contributed by atoms with Crippen LogP contribution in [0.25, 0.3) is 21.5 Å². The highest BCUT2D eigenvalue weighted by molar-refractivity contribution is 7.22. The topological polar surface area (TPSA) is 120 Å². The van der Waals surface area contributed by atoms with Gasteiger partial charge in [-0.2, -0.15) is 0 Å². The third-order valence-corrected chi connectivity index (χ3v) is 6.00. The highest BCUT2D eigenvalue weighted by Gasteiger charge is 2.20. The minimum Gasteiger partial charge on any atom is -0.423 e. The van der Waals surface area contributed by atoms with Gasteiger partial charge in [0, 0.05) is 37.9 Å². The number of anilines is 1. The van der Waals surface area contributed by atoms with Gasteiger partial charge in [0.05, 0.1) is 29.1 Å². The third kappa shape index (κ3) is 5.20. The van der Waals surface area contributed by atoms with Crippen LogP contribution in [0.4, 0.5) is 9.93 Å². The molecule has 0 atom stereocenters. The van der Waals surface area contributed by atoms with Crippen LogP contribution < -0.4 is 16.1 Å². The molecule has 1 aromatic carbocycles. The smallest absolute Gasteiger partial charge is 0.423 e. The summed E-state index contributed by atoms with van der Waals surface area (Å²) in [7, 11) is -1.64. The van der Waals surface area contributed by atoms with E-state index in [0.717, 1.165) is 48.7 Å². The number of nitrogens with zero attached hydrogens (tertiary/aromatic N) is 3. The van der Waals surface area contributed by atoms with Gasteiger partial charge in [0.15, 0.2) is 5.13 Å². The molecule has 0 radical (unpaired) electrons. The molecule has 31 heavy (non-hydrogen) atoms. The SMILES string of the molecule is CCNC(=O)Nc1nc2cc(B(O)O)cc(-c3cc(CN4CCOCC4)ccn3)c2s1. The van der Waals surface area contributed by atoms with Crippen molar-refractivity contribution in [3.05, 3.63) is 36.0 Å². The molecular weight excluding hydrogens is 417 g/mol. The first-order valence-corrected chi connectivity index (χ1v) is 11.0. The predicted molar refractivity (Wildman–Crippen MR) is 121 cm³/mol. The molecular formula is C20H24BN5O4S. The lowest BCUT2D eigenvalue weighted by molar-refractivity contribution is 0.0342. The molecule has 0 spiro atoms. The van der Waals surface area contributed by atoms with Crippen molar-refractivity contribution in [3.8, 4) is 11.3 Å². The number of hydrogen-bond acceptors (Lipinski definition) is 8. The number of carbonyl (C=O) groups is 1. The number of pyridine rings is 1. The Morgan fingerprint density at radius 1 is 1.29 bits per heavy atom. The Labute approximate surface area is 184 Å². The van der Waals surface area contributed by atoms with E-state index in [1.165, 1.54) is 11.3 Å². The van der Waals surface area contributed by atoms with Crippen LogP contribution in [0, 0.1) is 0 Å². The lowest BCUT2D eigenvalue weighted by atomic mass is 9.79. The minimum absolute atomic E-state index is 0.317. The lowest BCUT2D eigenvalue weighted by Gasteiger charge is -2.26. The van der Waals surface area contributed by atoms with E-state index in [9.17, 15) is 14.8 Å². The highest BCUT2D eigenvalue weighted by atomic mass is 32.1. The second-order valence-electron chi connectivity index (χ2n) is 7.23. The first kappa shape index (κ1) is 21.7. The second kappa shape index (κ2) is 9.71. The molecule has 2 amide bonds. The van der Waals surface area contributed by atoms with Crippen molar-refractivity contribution in [2.24, 2.45) is 0 Å². The van der Waals surface area contributed by atoms with Crippen LogP contribution in [0.15, 0.2) is 30.5 Å². The Kier molecular flexibility index (Phi) is 6.78. The molecule has 2 aromatic heterocycles. The Morgan fingerprint density at radius 3 is 2.84 bits per heavy atom. The Morgan fingerprint density at radius 2 is 2.10 bits per heavy atom. The maximum Gasteiger partial charge on any atom is 0.488 e. The van der Waals surface area contributed by atoms with Gasteiger partial charge in [0.25, 0.3) is 0 Å². The zero-order chi connectivity index (χ0) is 21.8. The average molecular weight is 441 g/mol. The highest BCUT2D eigenvalue weighted by Crippen LogP contribution is 2.34. The number of nitrogens with one attached hydrogen (secondary N) is 2. The number of carbonyl (C=O) groups excluding carboxylic acids is 1. The minimum atomic E-state index is -1.64. The fourth-order valence-electron chi connectivity index (χ4n) is 3.49. The molecule has 3 aromatic rings. The molecule has 3 heterocycles.